The smallest absolute Gasteiger partial charge is 0.162 e. The molecule has 3 rings (SSSR count). The van der Waals surface area contributed by atoms with Crippen molar-refractivity contribution >= 4 is 0 Å². The van der Waals surface area contributed by atoms with Gasteiger partial charge in [0, 0.05) is 24.0 Å². The molecule has 0 amide bonds. The molecule has 1 atom stereocenters. The van der Waals surface area contributed by atoms with Crippen LogP contribution >= 0.6 is 0 Å². The van der Waals surface area contributed by atoms with Gasteiger partial charge in [0.05, 0.1) is 12.2 Å². The lowest BCUT2D eigenvalue weighted by atomic mass is 10.1. The third kappa shape index (κ3) is 8.89. The minimum Gasteiger partial charge on any atom is -0.493 e. The first-order valence-corrected chi connectivity index (χ1v) is 13.2. The van der Waals surface area contributed by atoms with Crippen LogP contribution in [0.4, 0.5) is 8.78 Å². The number of ether oxygens (including phenoxy) is 2. The van der Waals surface area contributed by atoms with E-state index in [1.165, 1.54) is 18.9 Å². The summed E-state index contributed by atoms with van der Waals surface area (Å²) >= 11 is 0. The van der Waals surface area contributed by atoms with Crippen LogP contribution in [0.15, 0.2) is 54.9 Å². The number of benzene rings is 2. The van der Waals surface area contributed by atoms with Crippen LogP contribution in [-0.2, 0) is 0 Å². The van der Waals surface area contributed by atoms with Gasteiger partial charge in [0.1, 0.15) is 30.1 Å². The molecule has 0 aliphatic heterocycles. The zero-order valence-corrected chi connectivity index (χ0v) is 21.5. The standard InChI is InChI=1S/C30H38F2N2O2/c1-3-5-7-9-11-25(31)22-36-26-14-12-23(13-15-26)24-20-33-30(34-21-24)28-17-16-27(19-29(28)32)35-18-10-8-6-4-2/h12-17,19-21,25H,3-11,18,22H2,1-2H3/t25-/m0/s1. The highest BCUT2D eigenvalue weighted by Crippen LogP contribution is 2.26. The molecule has 0 aliphatic rings. The van der Waals surface area contributed by atoms with Gasteiger partial charge in [-0.25, -0.2) is 18.7 Å². The zero-order chi connectivity index (χ0) is 25.6. The summed E-state index contributed by atoms with van der Waals surface area (Å²) in [5, 5.41) is 0. The second kappa shape index (κ2) is 15.2. The Kier molecular flexibility index (Phi) is 11.6. The van der Waals surface area contributed by atoms with E-state index in [1.807, 2.05) is 24.3 Å². The Hall–Kier alpha value is -3.02. The summed E-state index contributed by atoms with van der Waals surface area (Å²) in [7, 11) is 0. The minimum absolute atomic E-state index is 0.0670. The van der Waals surface area contributed by atoms with Crippen LogP contribution in [0.3, 0.4) is 0 Å². The first kappa shape index (κ1) is 27.6. The first-order chi connectivity index (χ1) is 17.6. The third-order valence-electron chi connectivity index (χ3n) is 6.09. The predicted molar refractivity (Wildman–Crippen MR) is 142 cm³/mol. The van der Waals surface area contributed by atoms with Gasteiger partial charge in [-0.15, -0.1) is 0 Å². The summed E-state index contributed by atoms with van der Waals surface area (Å²) in [5.74, 6) is 1.05. The van der Waals surface area contributed by atoms with E-state index in [4.69, 9.17) is 9.47 Å². The molecule has 2 aromatic carbocycles. The lowest BCUT2D eigenvalue weighted by molar-refractivity contribution is 0.184. The van der Waals surface area contributed by atoms with Crippen LogP contribution in [-0.4, -0.2) is 29.4 Å². The van der Waals surface area contributed by atoms with Crippen molar-refractivity contribution in [1.82, 2.24) is 9.97 Å². The van der Waals surface area contributed by atoms with Crippen LogP contribution in [0.2, 0.25) is 0 Å². The van der Waals surface area contributed by atoms with Crippen molar-refractivity contribution in [3.63, 3.8) is 0 Å². The van der Waals surface area contributed by atoms with Gasteiger partial charge in [0.15, 0.2) is 5.82 Å². The molecule has 1 aromatic heterocycles. The number of unbranched alkanes of at least 4 members (excludes halogenated alkanes) is 6. The number of nitrogens with zero attached hydrogens (tertiary/aromatic N) is 2. The number of rotatable bonds is 16. The second-order valence-electron chi connectivity index (χ2n) is 9.13. The number of hydrogen-bond donors (Lipinski definition) is 0. The van der Waals surface area contributed by atoms with Gasteiger partial charge in [-0.2, -0.15) is 0 Å². The highest BCUT2D eigenvalue weighted by atomic mass is 19.1. The number of halogens is 2. The van der Waals surface area contributed by atoms with Gasteiger partial charge in [-0.1, -0.05) is 70.9 Å². The number of alkyl halides is 1. The van der Waals surface area contributed by atoms with Crippen molar-refractivity contribution in [2.24, 2.45) is 0 Å². The summed E-state index contributed by atoms with van der Waals surface area (Å²) in [6.07, 6.45) is 11.6. The second-order valence-corrected chi connectivity index (χ2v) is 9.13. The molecule has 6 heteroatoms. The van der Waals surface area contributed by atoms with Crippen LogP contribution in [0.1, 0.15) is 71.6 Å². The van der Waals surface area contributed by atoms with E-state index in [-0.39, 0.29) is 6.61 Å². The SMILES string of the molecule is CCCCCCOc1ccc(-c2ncc(-c3ccc(OC[C@@H](F)CCCCCC)cc3)cn2)c(F)c1. The molecular weight excluding hydrogens is 458 g/mol. The highest BCUT2D eigenvalue weighted by molar-refractivity contribution is 5.64. The van der Waals surface area contributed by atoms with Gasteiger partial charge in [-0.3, -0.25) is 0 Å². The van der Waals surface area contributed by atoms with E-state index in [9.17, 15) is 8.78 Å². The maximum atomic E-state index is 14.7. The Balaban J connectivity index is 1.52. The number of hydrogen-bond acceptors (Lipinski definition) is 4. The Morgan fingerprint density at radius 2 is 1.42 bits per heavy atom. The van der Waals surface area contributed by atoms with Crippen LogP contribution in [0.5, 0.6) is 11.5 Å². The topological polar surface area (TPSA) is 44.2 Å². The predicted octanol–water partition coefficient (Wildman–Crippen LogP) is 8.60. The number of aromatic nitrogens is 2. The Bertz CT molecular complexity index is 1030. The van der Waals surface area contributed by atoms with Crippen molar-refractivity contribution in [2.75, 3.05) is 13.2 Å². The molecule has 0 saturated heterocycles. The molecule has 3 aromatic rings. The van der Waals surface area contributed by atoms with Gasteiger partial charge < -0.3 is 9.47 Å². The van der Waals surface area contributed by atoms with Gasteiger partial charge in [-0.05, 0) is 42.7 Å². The van der Waals surface area contributed by atoms with Crippen LogP contribution < -0.4 is 9.47 Å². The van der Waals surface area contributed by atoms with Crippen LogP contribution in [0.25, 0.3) is 22.5 Å². The first-order valence-electron chi connectivity index (χ1n) is 13.2. The molecular formula is C30H38F2N2O2. The van der Waals surface area contributed by atoms with Crippen LogP contribution in [0, 0.1) is 5.82 Å². The van der Waals surface area contributed by atoms with Gasteiger partial charge in [0.25, 0.3) is 0 Å². The fraction of sp³-hybridized carbons (Fsp3) is 0.467. The minimum atomic E-state index is -0.950. The van der Waals surface area contributed by atoms with Crippen molar-refractivity contribution < 1.29 is 18.3 Å². The summed E-state index contributed by atoms with van der Waals surface area (Å²) < 4.78 is 39.9. The Morgan fingerprint density at radius 1 is 0.750 bits per heavy atom. The largest absolute Gasteiger partial charge is 0.493 e. The van der Waals surface area contributed by atoms with Gasteiger partial charge in [0.2, 0.25) is 0 Å². The quantitative estimate of drug-likeness (QED) is 0.186. The summed E-state index contributed by atoms with van der Waals surface area (Å²) in [6, 6.07) is 12.2. The molecule has 1 heterocycles. The lowest BCUT2D eigenvalue weighted by Gasteiger charge is -2.11. The van der Waals surface area contributed by atoms with E-state index in [2.05, 4.69) is 23.8 Å². The molecule has 0 spiro atoms. The highest BCUT2D eigenvalue weighted by Gasteiger charge is 2.11. The van der Waals surface area contributed by atoms with E-state index >= 15 is 0 Å². The maximum absolute atomic E-state index is 14.7. The fourth-order valence-corrected chi connectivity index (χ4v) is 3.91. The van der Waals surface area contributed by atoms with Crippen molar-refractivity contribution in [2.45, 2.75) is 77.8 Å². The summed E-state index contributed by atoms with van der Waals surface area (Å²) in [4.78, 5) is 8.73. The molecule has 36 heavy (non-hydrogen) atoms. The molecule has 0 radical (unpaired) electrons. The van der Waals surface area contributed by atoms with Gasteiger partial charge >= 0.3 is 0 Å². The zero-order valence-electron chi connectivity index (χ0n) is 21.5. The molecule has 0 N–H and O–H groups in total. The molecule has 0 aliphatic carbocycles. The van der Waals surface area contributed by atoms with Crippen molar-refractivity contribution in [1.29, 1.82) is 0 Å². The molecule has 194 valence electrons. The van der Waals surface area contributed by atoms with E-state index in [0.717, 1.165) is 49.7 Å². The third-order valence-corrected chi connectivity index (χ3v) is 6.09. The van der Waals surface area contributed by atoms with Crippen molar-refractivity contribution in [3.05, 3.63) is 60.7 Å². The molecule has 0 fully saturated rings. The summed E-state index contributed by atoms with van der Waals surface area (Å²) in [5.41, 5.74) is 2.04. The maximum Gasteiger partial charge on any atom is 0.162 e. The fourth-order valence-electron chi connectivity index (χ4n) is 3.91. The molecule has 4 nitrogen and oxygen atoms in total. The monoisotopic (exact) mass is 496 g/mol. The van der Waals surface area contributed by atoms with E-state index in [0.29, 0.717) is 35.9 Å². The average Bonchev–Trinajstić information content (AvgIpc) is 2.90. The lowest BCUT2D eigenvalue weighted by Crippen LogP contribution is -2.12. The van der Waals surface area contributed by atoms with E-state index in [1.54, 1.807) is 24.5 Å². The molecule has 0 saturated carbocycles. The summed E-state index contributed by atoms with van der Waals surface area (Å²) in [6.45, 7) is 4.96. The Morgan fingerprint density at radius 3 is 2.08 bits per heavy atom. The normalized spacial score (nSPS) is 11.9. The molecule has 0 unspecified atom stereocenters. The average molecular weight is 497 g/mol. The van der Waals surface area contributed by atoms with E-state index < -0.39 is 12.0 Å². The Labute approximate surface area is 214 Å². The molecule has 0 bridgehead atoms. The van der Waals surface area contributed by atoms with Crippen molar-refractivity contribution in [3.8, 4) is 34.0 Å².